The molecule has 3 rings (SSSR count). The van der Waals surface area contributed by atoms with Gasteiger partial charge in [-0.15, -0.1) is 5.06 Å². The number of carbonyl (C=O) groups is 3. The Morgan fingerprint density at radius 3 is 2.36 bits per heavy atom. The summed E-state index contributed by atoms with van der Waals surface area (Å²) >= 11 is 0. The number of hydrogen-bond acceptors (Lipinski definition) is 5. The third-order valence-electron chi connectivity index (χ3n) is 4.10. The molecule has 1 atom stereocenters. The fourth-order valence-electron chi connectivity index (χ4n) is 3.04. The van der Waals surface area contributed by atoms with Crippen molar-refractivity contribution in [3.63, 3.8) is 0 Å². The number of hydroxylamine groups is 1. The summed E-state index contributed by atoms with van der Waals surface area (Å²) in [4.78, 5) is 41.6. The normalized spacial score (nSPS) is 15.7. The van der Waals surface area contributed by atoms with Crippen molar-refractivity contribution in [3.8, 4) is 0 Å². The number of nitrogens with zero attached hydrogens (tertiary/aromatic N) is 1. The maximum absolute atomic E-state index is 13.0. The minimum Gasteiger partial charge on any atom is -0.469 e. The summed E-state index contributed by atoms with van der Waals surface area (Å²) in [6.45, 7) is 1.23. The van der Waals surface area contributed by atoms with Crippen LogP contribution in [0, 0.1) is 0 Å². The summed E-state index contributed by atoms with van der Waals surface area (Å²) in [5, 5.41) is 0.994. The van der Waals surface area contributed by atoms with Crippen molar-refractivity contribution in [2.24, 2.45) is 0 Å². The quantitative estimate of drug-likeness (QED) is 0.804. The van der Waals surface area contributed by atoms with Crippen LogP contribution in [0.1, 0.15) is 40.7 Å². The van der Waals surface area contributed by atoms with Gasteiger partial charge in [-0.25, -0.2) is 4.79 Å². The molecule has 1 amide bonds. The summed E-state index contributed by atoms with van der Waals surface area (Å²) in [7, 11) is 1.33. The summed E-state index contributed by atoms with van der Waals surface area (Å²) < 4.78 is 4.82. The Bertz CT molecular complexity index is 845. The van der Waals surface area contributed by atoms with Crippen LogP contribution in [0.15, 0.2) is 48.5 Å². The first-order valence-electron chi connectivity index (χ1n) is 7.80. The molecule has 0 radical (unpaired) electrons. The molecule has 0 saturated heterocycles. The lowest BCUT2D eigenvalue weighted by Crippen LogP contribution is -2.32. The van der Waals surface area contributed by atoms with Gasteiger partial charge in [0, 0.05) is 18.4 Å². The standard InChI is InChI=1S/C19H17NO5/c1-12(21)25-20-17-10-6-5-8-14(17)16(11-18(22)24-2)13-7-3-4-9-15(13)19(20)23/h3-10,16H,11H2,1-2H3. The fraction of sp³-hybridized carbons (Fsp3) is 0.211. The van der Waals surface area contributed by atoms with E-state index >= 15 is 0 Å². The number of rotatable bonds is 3. The Morgan fingerprint density at radius 1 is 1.04 bits per heavy atom. The molecule has 1 aliphatic heterocycles. The maximum Gasteiger partial charge on any atom is 0.330 e. The highest BCUT2D eigenvalue weighted by atomic mass is 16.7. The first kappa shape index (κ1) is 16.7. The van der Waals surface area contributed by atoms with E-state index in [2.05, 4.69) is 0 Å². The highest BCUT2D eigenvalue weighted by molar-refractivity contribution is 6.08. The lowest BCUT2D eigenvalue weighted by Gasteiger charge is -2.21. The molecular formula is C19H17NO5. The average Bonchev–Trinajstić information content (AvgIpc) is 2.71. The smallest absolute Gasteiger partial charge is 0.330 e. The maximum atomic E-state index is 13.0. The van der Waals surface area contributed by atoms with Crippen LogP contribution < -0.4 is 5.06 Å². The van der Waals surface area contributed by atoms with Crippen molar-refractivity contribution < 1.29 is 24.0 Å². The van der Waals surface area contributed by atoms with Crippen molar-refractivity contribution in [2.45, 2.75) is 19.3 Å². The molecule has 2 aromatic carbocycles. The van der Waals surface area contributed by atoms with E-state index in [1.165, 1.54) is 14.0 Å². The Hall–Kier alpha value is -3.15. The van der Waals surface area contributed by atoms with Crippen LogP contribution in [0.2, 0.25) is 0 Å². The number of methoxy groups -OCH3 is 1. The number of amides is 1. The van der Waals surface area contributed by atoms with Gasteiger partial charge in [0.2, 0.25) is 0 Å². The largest absolute Gasteiger partial charge is 0.469 e. The van der Waals surface area contributed by atoms with E-state index in [-0.39, 0.29) is 18.3 Å². The molecule has 6 nitrogen and oxygen atoms in total. The van der Waals surface area contributed by atoms with E-state index in [1.54, 1.807) is 36.4 Å². The molecule has 1 heterocycles. The van der Waals surface area contributed by atoms with Gasteiger partial charge in [0.15, 0.2) is 0 Å². The topological polar surface area (TPSA) is 72.9 Å². The first-order chi connectivity index (χ1) is 12.0. The molecule has 0 aromatic heterocycles. The molecule has 0 spiro atoms. The zero-order chi connectivity index (χ0) is 18.0. The van der Waals surface area contributed by atoms with Gasteiger partial charge >= 0.3 is 11.9 Å². The molecule has 0 bridgehead atoms. The van der Waals surface area contributed by atoms with E-state index in [0.717, 1.165) is 5.06 Å². The van der Waals surface area contributed by atoms with Crippen LogP contribution in [0.3, 0.4) is 0 Å². The van der Waals surface area contributed by atoms with Gasteiger partial charge in [0.25, 0.3) is 5.91 Å². The molecule has 1 aliphatic rings. The number of ether oxygens (including phenoxy) is 1. The van der Waals surface area contributed by atoms with Gasteiger partial charge in [-0.1, -0.05) is 36.4 Å². The summed E-state index contributed by atoms with van der Waals surface area (Å²) in [5.74, 6) is -1.83. The molecule has 2 aromatic rings. The predicted molar refractivity (Wildman–Crippen MR) is 89.9 cm³/mol. The van der Waals surface area contributed by atoms with Gasteiger partial charge in [0.05, 0.1) is 19.2 Å². The second kappa shape index (κ2) is 6.76. The second-order valence-electron chi connectivity index (χ2n) is 5.66. The van der Waals surface area contributed by atoms with Crippen molar-refractivity contribution >= 4 is 23.5 Å². The Morgan fingerprint density at radius 2 is 1.68 bits per heavy atom. The molecular weight excluding hydrogens is 322 g/mol. The summed E-state index contributed by atoms with van der Waals surface area (Å²) in [6.07, 6.45) is 0.0751. The number of anilines is 1. The molecule has 0 saturated carbocycles. The molecule has 0 fully saturated rings. The lowest BCUT2D eigenvalue weighted by atomic mass is 9.86. The fourth-order valence-corrected chi connectivity index (χ4v) is 3.04. The zero-order valence-corrected chi connectivity index (χ0v) is 13.9. The van der Waals surface area contributed by atoms with Crippen molar-refractivity contribution in [2.75, 3.05) is 12.2 Å². The minimum absolute atomic E-state index is 0.0751. The van der Waals surface area contributed by atoms with Crippen LogP contribution in [0.4, 0.5) is 5.69 Å². The molecule has 6 heteroatoms. The highest BCUT2D eigenvalue weighted by Crippen LogP contribution is 2.40. The average molecular weight is 339 g/mol. The van der Waals surface area contributed by atoms with Gasteiger partial charge in [-0.2, -0.15) is 0 Å². The Balaban J connectivity index is 2.23. The van der Waals surface area contributed by atoms with E-state index in [9.17, 15) is 14.4 Å². The molecule has 25 heavy (non-hydrogen) atoms. The highest BCUT2D eigenvalue weighted by Gasteiger charge is 2.35. The number of hydrogen-bond donors (Lipinski definition) is 0. The monoisotopic (exact) mass is 339 g/mol. The number of benzene rings is 2. The molecule has 0 aliphatic carbocycles. The third-order valence-corrected chi connectivity index (χ3v) is 4.10. The van der Waals surface area contributed by atoms with Crippen molar-refractivity contribution in [3.05, 3.63) is 65.2 Å². The van der Waals surface area contributed by atoms with Crippen LogP contribution in [0.5, 0.6) is 0 Å². The van der Waals surface area contributed by atoms with Gasteiger partial charge < -0.3 is 9.57 Å². The van der Waals surface area contributed by atoms with Crippen LogP contribution in [-0.4, -0.2) is 25.0 Å². The van der Waals surface area contributed by atoms with Crippen LogP contribution in [0.25, 0.3) is 0 Å². The molecule has 128 valence electrons. The Kier molecular flexibility index (Phi) is 4.52. The molecule has 1 unspecified atom stereocenters. The van der Waals surface area contributed by atoms with Crippen molar-refractivity contribution in [1.29, 1.82) is 0 Å². The van der Waals surface area contributed by atoms with Gasteiger partial charge in [0.1, 0.15) is 0 Å². The van der Waals surface area contributed by atoms with E-state index in [0.29, 0.717) is 22.4 Å². The Labute approximate surface area is 144 Å². The zero-order valence-electron chi connectivity index (χ0n) is 13.9. The third kappa shape index (κ3) is 3.10. The van der Waals surface area contributed by atoms with Gasteiger partial charge in [-0.3, -0.25) is 9.59 Å². The SMILES string of the molecule is COC(=O)CC1c2ccccc2C(=O)N(OC(C)=O)c2ccccc21. The number of para-hydroxylation sites is 1. The first-order valence-corrected chi connectivity index (χ1v) is 7.80. The second-order valence-corrected chi connectivity index (χ2v) is 5.66. The summed E-state index contributed by atoms with van der Waals surface area (Å²) in [5.41, 5.74) is 2.23. The number of esters is 1. The predicted octanol–water partition coefficient (Wildman–Crippen LogP) is 2.82. The lowest BCUT2D eigenvalue weighted by molar-refractivity contribution is -0.142. The van der Waals surface area contributed by atoms with E-state index < -0.39 is 11.9 Å². The summed E-state index contributed by atoms with van der Waals surface area (Å²) in [6, 6.07) is 14.1. The van der Waals surface area contributed by atoms with Crippen molar-refractivity contribution in [1.82, 2.24) is 0 Å². The van der Waals surface area contributed by atoms with E-state index in [4.69, 9.17) is 9.57 Å². The van der Waals surface area contributed by atoms with Gasteiger partial charge in [-0.05, 0) is 23.3 Å². The number of carbonyl (C=O) groups excluding carboxylic acids is 3. The number of fused-ring (bicyclic) bond motifs is 2. The van der Waals surface area contributed by atoms with Crippen LogP contribution >= 0.6 is 0 Å². The minimum atomic E-state index is -0.605. The molecule has 0 N–H and O–H groups in total. The van der Waals surface area contributed by atoms with E-state index in [1.807, 2.05) is 12.1 Å². The van der Waals surface area contributed by atoms with Crippen LogP contribution in [-0.2, 0) is 19.2 Å².